The molecule has 1 unspecified atom stereocenters. The van der Waals surface area contributed by atoms with Crippen LogP contribution < -0.4 is 21.3 Å². The fourth-order valence-corrected chi connectivity index (χ4v) is 13.7. The van der Waals surface area contributed by atoms with Gasteiger partial charge in [0.1, 0.15) is 159 Å². The van der Waals surface area contributed by atoms with Gasteiger partial charge in [0.2, 0.25) is 23.6 Å². The van der Waals surface area contributed by atoms with Crippen LogP contribution >= 0.6 is 0 Å². The van der Waals surface area contributed by atoms with Gasteiger partial charge in [-0.05, 0) is 0 Å². The van der Waals surface area contributed by atoms with Crippen molar-refractivity contribution in [2.24, 2.45) is 0 Å². The first-order valence-electron chi connectivity index (χ1n) is 33.7. The number of nitrogens with one attached hydrogen (secondary N) is 4. The second-order valence-electron chi connectivity index (χ2n) is 26.8. The number of carbonyl (C=O) groups is 7. The summed E-state index contributed by atoms with van der Waals surface area (Å²) < 4.78 is 75.2. The molecule has 7 fully saturated rings. The van der Waals surface area contributed by atoms with E-state index in [1.807, 2.05) is 5.32 Å². The minimum atomic E-state index is -3.78. The van der Waals surface area contributed by atoms with Crippen molar-refractivity contribution in [3.63, 3.8) is 0 Å². The van der Waals surface area contributed by atoms with Gasteiger partial charge in [-0.15, -0.1) is 0 Å². The van der Waals surface area contributed by atoms with Gasteiger partial charge in [-0.1, -0.05) is 0 Å². The molecule has 0 saturated carbocycles. The maximum atomic E-state index is 14.2. The summed E-state index contributed by atoms with van der Waals surface area (Å²) in [5.74, 6) is -22.7. The highest BCUT2D eigenvalue weighted by atomic mass is 16.8. The highest BCUT2D eigenvalue weighted by Gasteiger charge is 2.65. The first-order valence-corrected chi connectivity index (χ1v) is 33.7. The minimum Gasteiger partial charge on any atom is -0.477 e. The van der Waals surface area contributed by atoms with Crippen LogP contribution in [0.1, 0.15) is 40.0 Å². The second kappa shape index (κ2) is 38.3. The predicted molar refractivity (Wildman–Crippen MR) is 331 cm³/mol. The summed E-state index contributed by atoms with van der Waals surface area (Å²) in [6.45, 7) is -8.34. The van der Waals surface area contributed by atoms with Crippen molar-refractivity contribution < 1.29 is 228 Å². The van der Waals surface area contributed by atoms with Crippen LogP contribution in [-0.4, -0.2) is 459 Å². The van der Waals surface area contributed by atoms with Gasteiger partial charge in [-0.3, -0.25) is 19.2 Å². The monoisotopic (exact) mass is 1600 g/mol. The zero-order valence-electron chi connectivity index (χ0n) is 57.8. The molecular formula is C59H96N4O46. The van der Waals surface area contributed by atoms with Crippen molar-refractivity contribution in [2.75, 3.05) is 52.9 Å². The summed E-state index contributed by atoms with van der Waals surface area (Å²) in [7, 11) is 0. The molecule has 7 rings (SSSR count). The van der Waals surface area contributed by atoms with Gasteiger partial charge in [0, 0.05) is 40.0 Å². The molecule has 109 heavy (non-hydrogen) atoms. The number of aliphatic carboxylic acids is 3. The Balaban J connectivity index is 1.30. The molecule has 0 bridgehead atoms. The zero-order chi connectivity index (χ0) is 81.5. The van der Waals surface area contributed by atoms with Crippen molar-refractivity contribution in [3.8, 4) is 0 Å². The van der Waals surface area contributed by atoms with Gasteiger partial charge >= 0.3 is 17.9 Å². The standard InChI is InChI=1S/C59H96N4O46/c1-15(72)60-29-18(75)4-58(55(93)94,107-47(29)36(83)24(10-67)104-57(54(91)92)5-20(77)31(63-28(79)14-71)46(106-57)33(80)21(78)7-64)105-25(11-68)37(84)48-30(61-16(2)73)19(76)6-59(108-48,56(95)96)109-49-42(89)53(101-43-26(12-69)97-50(90)40(87)39(43)86)100-27(13-70)44(49)102-51-32(62-17(3)74)45(35(82)23(9-66)98-51)103-52-41(88)38(85)34(81)22(8-65)99-52/h18-27,29-53,64-71,75-78,80-90H,4-14H2,1-3H3,(H,60,72)(H,61,73)(H,62,74)(H,63,79)(H,91,92)(H,93,94)(H,95,96)/t18-,19-,20-,21+,22+,23+,24+,25+,26+,27+,29+,30+,31+,32+,33+,34-,35-,36+,37+,38-,39-,40+,41+,42+,43+,44-,45+,46+,47+,48+,49+,50?,51-,52-,53-,57+,58+,59-/m0/s1. The topological polar surface area (TPSA) is 814 Å². The lowest BCUT2D eigenvalue weighted by atomic mass is 9.86. The van der Waals surface area contributed by atoms with E-state index in [9.17, 15) is 166 Å². The summed E-state index contributed by atoms with van der Waals surface area (Å²) in [4.78, 5) is 92.5. The Labute approximate surface area is 613 Å². The highest BCUT2D eigenvalue weighted by molar-refractivity contribution is 5.79. The normalized spacial score (nSPS) is 43.1. The molecular weight excluding hydrogens is 1500 g/mol. The molecule has 628 valence electrons. The fraction of sp³-hybridized carbons (Fsp3) is 0.881. The van der Waals surface area contributed by atoms with E-state index >= 15 is 0 Å². The molecule has 0 aromatic carbocycles. The molecule has 0 aromatic heterocycles. The molecule has 38 atom stereocenters. The zero-order valence-corrected chi connectivity index (χ0v) is 57.8. The second-order valence-corrected chi connectivity index (χ2v) is 26.8. The Morgan fingerprint density at radius 1 is 0.394 bits per heavy atom. The summed E-state index contributed by atoms with van der Waals surface area (Å²) in [6, 6.07) is -8.40. The van der Waals surface area contributed by atoms with E-state index in [-0.39, 0.29) is 0 Å². The Kier molecular flexibility index (Phi) is 32.0. The van der Waals surface area contributed by atoms with E-state index < -0.39 is 345 Å². The molecule has 0 radical (unpaired) electrons. The van der Waals surface area contributed by atoms with Crippen molar-refractivity contribution in [1.29, 1.82) is 0 Å². The van der Waals surface area contributed by atoms with Gasteiger partial charge in [0.15, 0.2) is 25.2 Å². The van der Waals surface area contributed by atoms with Crippen molar-refractivity contribution in [2.45, 2.75) is 272 Å². The number of carboxylic acids is 3. The van der Waals surface area contributed by atoms with Crippen LogP contribution in [0.2, 0.25) is 0 Å². The SMILES string of the molecule is CC(=O)N[C@H]1[C@H](O[C@@H]2[C@H](O[C@]3(C(=O)O)C[C@H](O)[C@@H](NC(C)=O)[C@H]([C@H](O)[C@@H](CO)O[C@]4(C(=O)O)C[C@H](O)[C@@H](NC(C)=O)[C@H]([C@H](O)[C@@H](CO)O[C@]5(C(=O)O)C[C@H](O)[C@@H](NC(=O)CO)[C@H]([C@H](O)[C@H](O)CO)O5)O4)O3)[C@@H](O)[C@H](O[C@H]3[C@@H](O)[C@@H](O)C(O)O[C@@H]3CO)O[C@@H]2CO)O[C@H](CO)[C@H](O)[C@@H]1O[C@@H]1O[C@H](CO)[C@H](O)[C@H](O)[C@H]1O. The van der Waals surface area contributed by atoms with Crippen molar-refractivity contribution in [1.82, 2.24) is 21.3 Å². The van der Waals surface area contributed by atoms with E-state index in [0.29, 0.717) is 0 Å². The van der Waals surface area contributed by atoms with Crippen molar-refractivity contribution >= 4 is 41.5 Å². The number of carboxylic acid groups (broad SMARTS) is 3. The highest BCUT2D eigenvalue weighted by Crippen LogP contribution is 2.44. The molecule has 7 heterocycles. The summed E-state index contributed by atoms with van der Waals surface area (Å²) >= 11 is 0. The number of amides is 4. The molecule has 7 saturated heterocycles. The van der Waals surface area contributed by atoms with Gasteiger partial charge in [-0.2, -0.15) is 0 Å². The first kappa shape index (κ1) is 91.0. The minimum absolute atomic E-state index is 0.786. The molecule has 0 aromatic rings. The van der Waals surface area contributed by atoms with E-state index in [1.54, 1.807) is 0 Å². The maximum absolute atomic E-state index is 14.2. The molecule has 50 heteroatoms. The van der Waals surface area contributed by atoms with Crippen LogP contribution in [0, 0.1) is 0 Å². The van der Waals surface area contributed by atoms with Gasteiger partial charge in [-0.25, -0.2) is 14.4 Å². The quantitative estimate of drug-likeness (QED) is 0.0290. The van der Waals surface area contributed by atoms with Crippen LogP contribution in [0.5, 0.6) is 0 Å². The lowest BCUT2D eigenvalue weighted by Crippen LogP contribution is -2.73. The Morgan fingerprint density at radius 3 is 1.22 bits per heavy atom. The number of ether oxygens (including phenoxy) is 13. The fourth-order valence-electron chi connectivity index (χ4n) is 13.7. The third kappa shape index (κ3) is 19.8. The number of rotatable bonds is 33. The molecule has 50 nitrogen and oxygen atoms in total. The van der Waals surface area contributed by atoms with E-state index in [1.165, 1.54) is 0 Å². The van der Waals surface area contributed by atoms with Crippen LogP contribution in [-0.2, 0) is 95.1 Å². The number of aliphatic hydroxyl groups is 23. The summed E-state index contributed by atoms with van der Waals surface area (Å²) in [5.41, 5.74) is 0. The van der Waals surface area contributed by atoms with Crippen LogP contribution in [0.25, 0.3) is 0 Å². The predicted octanol–water partition coefficient (Wildman–Crippen LogP) is -19.1. The van der Waals surface area contributed by atoms with Crippen LogP contribution in [0.15, 0.2) is 0 Å². The number of hydrogen-bond donors (Lipinski definition) is 30. The lowest BCUT2D eigenvalue weighted by Gasteiger charge is -2.53. The lowest BCUT2D eigenvalue weighted by molar-refractivity contribution is -0.403. The molecule has 30 N–H and O–H groups in total. The van der Waals surface area contributed by atoms with Gasteiger partial charge < -0.3 is 216 Å². The molecule has 4 amide bonds. The number of hydrogen-bond acceptors (Lipinski definition) is 43. The summed E-state index contributed by atoms with van der Waals surface area (Å²) in [5, 5.41) is 294. The van der Waals surface area contributed by atoms with E-state index in [0.717, 1.165) is 20.8 Å². The van der Waals surface area contributed by atoms with Crippen LogP contribution in [0.3, 0.4) is 0 Å². The van der Waals surface area contributed by atoms with Crippen molar-refractivity contribution in [3.05, 3.63) is 0 Å². The smallest absolute Gasteiger partial charge is 0.364 e. The third-order valence-corrected chi connectivity index (χ3v) is 19.2. The first-order chi connectivity index (χ1) is 51.1. The molecule has 0 aliphatic carbocycles. The third-order valence-electron chi connectivity index (χ3n) is 19.2. The Hall–Kier alpha value is -5.15. The largest absolute Gasteiger partial charge is 0.477 e. The van der Waals surface area contributed by atoms with Gasteiger partial charge in [0.25, 0.3) is 17.4 Å². The Morgan fingerprint density at radius 2 is 0.780 bits per heavy atom. The van der Waals surface area contributed by atoms with E-state index in [2.05, 4.69) is 16.0 Å². The molecule has 0 spiro atoms. The average molecular weight is 1600 g/mol. The molecule has 7 aliphatic heterocycles. The average Bonchev–Trinajstić information content (AvgIpc) is 0.747. The Bertz CT molecular complexity index is 3030. The van der Waals surface area contributed by atoms with Gasteiger partial charge in [0.05, 0.1) is 82.7 Å². The number of carbonyl (C=O) groups excluding carboxylic acids is 4. The number of aliphatic hydroxyl groups excluding tert-OH is 23. The van der Waals surface area contributed by atoms with E-state index in [4.69, 9.17) is 61.6 Å². The van der Waals surface area contributed by atoms with Crippen LogP contribution in [0.4, 0.5) is 0 Å². The summed E-state index contributed by atoms with van der Waals surface area (Å²) in [6.07, 6.45) is -77.6. The maximum Gasteiger partial charge on any atom is 0.364 e. The molecule has 7 aliphatic rings.